The van der Waals surface area contributed by atoms with Crippen LogP contribution in [0.4, 0.5) is 24.5 Å². The first-order valence-electron chi connectivity index (χ1n) is 13.4. The van der Waals surface area contributed by atoms with Crippen LogP contribution in [-0.4, -0.2) is 34.6 Å². The van der Waals surface area contributed by atoms with Gasteiger partial charge in [-0.25, -0.2) is 4.90 Å². The largest absolute Gasteiger partial charge is 0.497 e. The second-order valence-corrected chi connectivity index (χ2v) is 12.5. The third kappa shape index (κ3) is 5.19. The van der Waals surface area contributed by atoms with E-state index in [0.29, 0.717) is 26.9 Å². The fourth-order valence-electron chi connectivity index (χ4n) is 5.55. The maximum Gasteiger partial charge on any atom is 0.416 e. The summed E-state index contributed by atoms with van der Waals surface area (Å²) in [6.07, 6.45) is -4.67. The number of aryl methyl sites for hydroxylation is 1. The van der Waals surface area contributed by atoms with E-state index in [2.05, 4.69) is 5.32 Å². The number of hydrogen-bond acceptors (Lipinski definition) is 7. The van der Waals surface area contributed by atoms with Crippen molar-refractivity contribution in [3.05, 3.63) is 104 Å². The number of anilines is 2. The first-order valence-corrected chi connectivity index (χ1v) is 15.1. The Hall–Kier alpha value is -4.36. The van der Waals surface area contributed by atoms with Crippen LogP contribution >= 0.6 is 23.1 Å². The minimum absolute atomic E-state index is 0.184. The Bertz CT molecular complexity index is 1850. The lowest BCUT2D eigenvalue weighted by molar-refractivity contribution is -0.137. The Morgan fingerprint density at radius 3 is 2.39 bits per heavy atom. The average Bonchev–Trinajstić information content (AvgIpc) is 3.44. The first-order chi connectivity index (χ1) is 21.0. The van der Waals surface area contributed by atoms with Crippen molar-refractivity contribution < 1.29 is 32.3 Å². The van der Waals surface area contributed by atoms with Crippen molar-refractivity contribution in [3.8, 4) is 5.75 Å². The van der Waals surface area contributed by atoms with Gasteiger partial charge in [-0.3, -0.25) is 23.7 Å². The second kappa shape index (κ2) is 11.3. The number of nitrogens with zero attached hydrogens (tertiary/aromatic N) is 2. The van der Waals surface area contributed by atoms with Gasteiger partial charge in [-0.1, -0.05) is 59.5 Å². The third-order valence-electron chi connectivity index (χ3n) is 7.68. The lowest BCUT2D eigenvalue weighted by Crippen LogP contribution is -2.33. The first kappa shape index (κ1) is 29.7. The summed E-state index contributed by atoms with van der Waals surface area (Å²) in [5.74, 6) is -3.03. The van der Waals surface area contributed by atoms with Gasteiger partial charge in [0.05, 0.1) is 29.3 Å². The maximum absolute atomic E-state index is 14.0. The normalized spacial score (nSPS) is 19.5. The van der Waals surface area contributed by atoms with Gasteiger partial charge in [0.2, 0.25) is 17.7 Å². The molecule has 1 N–H and O–H groups in total. The van der Waals surface area contributed by atoms with E-state index in [4.69, 9.17) is 4.74 Å². The van der Waals surface area contributed by atoms with Gasteiger partial charge in [0.15, 0.2) is 0 Å². The van der Waals surface area contributed by atoms with E-state index in [1.54, 1.807) is 36.4 Å². The number of halogens is 3. The number of imide groups is 1. The van der Waals surface area contributed by atoms with Gasteiger partial charge in [-0.2, -0.15) is 13.2 Å². The number of para-hydroxylation sites is 1. The number of aromatic nitrogens is 1. The molecule has 13 heteroatoms. The lowest BCUT2D eigenvalue weighted by Gasteiger charge is -2.30. The van der Waals surface area contributed by atoms with Crippen molar-refractivity contribution in [2.24, 2.45) is 5.92 Å². The molecule has 0 radical (unpaired) electrons. The van der Waals surface area contributed by atoms with Gasteiger partial charge in [-0.15, -0.1) is 0 Å². The van der Waals surface area contributed by atoms with Crippen LogP contribution in [0.15, 0.2) is 82.6 Å². The number of methoxy groups -OCH3 is 1. The smallest absolute Gasteiger partial charge is 0.416 e. The number of benzene rings is 3. The lowest BCUT2D eigenvalue weighted by atomic mass is 9.83. The van der Waals surface area contributed by atoms with Crippen molar-refractivity contribution in [2.75, 3.05) is 17.3 Å². The van der Waals surface area contributed by atoms with Crippen molar-refractivity contribution in [3.63, 3.8) is 0 Å². The predicted molar refractivity (Wildman–Crippen MR) is 160 cm³/mol. The number of rotatable bonds is 6. The van der Waals surface area contributed by atoms with E-state index < -0.39 is 51.4 Å². The van der Waals surface area contributed by atoms with Crippen LogP contribution in [0.2, 0.25) is 0 Å². The molecule has 6 rings (SSSR count). The van der Waals surface area contributed by atoms with E-state index in [1.165, 1.54) is 17.7 Å². The van der Waals surface area contributed by atoms with Crippen LogP contribution in [-0.2, 0) is 27.1 Å². The van der Waals surface area contributed by atoms with Crippen molar-refractivity contribution in [2.45, 2.75) is 35.8 Å². The number of nitrogens with one attached hydrogen (secondary N) is 1. The summed E-state index contributed by atoms with van der Waals surface area (Å²) in [5, 5.41) is 2.13. The van der Waals surface area contributed by atoms with E-state index in [9.17, 15) is 32.3 Å². The summed E-state index contributed by atoms with van der Waals surface area (Å²) in [5.41, 5.74) is 0.870. The molecule has 0 spiro atoms. The van der Waals surface area contributed by atoms with Crippen molar-refractivity contribution in [1.29, 1.82) is 0 Å². The molecule has 1 fully saturated rings. The highest BCUT2D eigenvalue weighted by atomic mass is 32.2. The minimum Gasteiger partial charge on any atom is -0.497 e. The van der Waals surface area contributed by atoms with E-state index >= 15 is 0 Å². The molecule has 1 saturated heterocycles. The van der Waals surface area contributed by atoms with Crippen LogP contribution in [0.3, 0.4) is 0 Å². The number of thioether (sulfide) groups is 1. The predicted octanol–water partition coefficient (Wildman–Crippen LogP) is 5.68. The molecule has 3 heterocycles. The van der Waals surface area contributed by atoms with E-state index in [-0.39, 0.29) is 12.2 Å². The molecule has 0 aliphatic carbocycles. The zero-order valence-corrected chi connectivity index (χ0v) is 24.9. The number of alkyl halides is 3. The highest BCUT2D eigenvalue weighted by Gasteiger charge is 2.57. The Morgan fingerprint density at radius 1 is 0.977 bits per heavy atom. The molecule has 0 bridgehead atoms. The molecule has 3 amide bonds. The van der Waals surface area contributed by atoms with Crippen LogP contribution < -0.4 is 19.8 Å². The van der Waals surface area contributed by atoms with Crippen LogP contribution in [0.1, 0.15) is 27.5 Å². The minimum atomic E-state index is -4.67. The van der Waals surface area contributed by atoms with E-state index in [0.717, 1.165) is 51.8 Å². The highest BCUT2D eigenvalue weighted by molar-refractivity contribution is 8.00. The molecule has 0 saturated carbocycles. The molecule has 2 aliphatic rings. The summed E-state index contributed by atoms with van der Waals surface area (Å²) in [6.45, 7) is 1.50. The van der Waals surface area contributed by atoms with Gasteiger partial charge in [0.1, 0.15) is 17.5 Å². The molecule has 44 heavy (non-hydrogen) atoms. The Labute approximate surface area is 257 Å². The molecule has 1 aromatic heterocycles. The molecular weight excluding hydrogens is 615 g/mol. The molecule has 226 valence electrons. The standard InChI is InChI=1S/C31H24F3N3O5S2/c1-16-6-3-4-9-21(16)35-22(38)15-36-29-26(44-30(36)41)23(17-10-12-20(42-2)13-11-17)24-25(43-29)28(40)37(27(24)39)19-8-5-7-18(14-19)31(32,33)34/h3-14,23-25H,15H2,1-2H3,(H,35,38)/t23-,24?,25?/m1/s1. The van der Waals surface area contributed by atoms with Gasteiger partial charge < -0.3 is 10.1 Å². The molecule has 2 unspecified atom stereocenters. The maximum atomic E-state index is 14.0. The summed E-state index contributed by atoms with van der Waals surface area (Å²) < 4.78 is 47.1. The third-order valence-corrected chi connectivity index (χ3v) is 10.3. The number of fused-ring (bicyclic) bond motifs is 2. The number of amides is 3. The number of carbonyl (C=O) groups excluding carboxylic acids is 3. The SMILES string of the molecule is COc1ccc([C@H]2c3sc(=O)n(CC(=O)Nc4ccccc4C)c3SC3C(=O)N(c4cccc(C(F)(F)F)c4)C(=O)C32)cc1. The molecular formula is C31H24F3N3O5S2. The molecule has 4 aromatic rings. The number of thiazole rings is 1. The van der Waals surface area contributed by atoms with Crippen LogP contribution in [0.25, 0.3) is 0 Å². The van der Waals surface area contributed by atoms with Gasteiger partial charge in [0, 0.05) is 16.5 Å². The quantitative estimate of drug-likeness (QED) is 0.273. The van der Waals surface area contributed by atoms with E-state index in [1.807, 2.05) is 19.1 Å². The Kier molecular flexibility index (Phi) is 7.62. The number of carbonyl (C=O) groups is 3. The number of hydrogen-bond donors (Lipinski definition) is 1. The fraction of sp³-hybridized carbons (Fsp3) is 0.226. The molecule has 3 atom stereocenters. The highest BCUT2D eigenvalue weighted by Crippen LogP contribution is 2.54. The number of ether oxygens (including phenoxy) is 1. The zero-order chi connectivity index (χ0) is 31.3. The van der Waals surface area contributed by atoms with Gasteiger partial charge >= 0.3 is 11.0 Å². The second-order valence-electron chi connectivity index (χ2n) is 10.4. The Morgan fingerprint density at radius 2 is 1.70 bits per heavy atom. The molecule has 8 nitrogen and oxygen atoms in total. The monoisotopic (exact) mass is 639 g/mol. The van der Waals surface area contributed by atoms with Crippen LogP contribution in [0.5, 0.6) is 5.75 Å². The average molecular weight is 640 g/mol. The topological polar surface area (TPSA) is 97.7 Å². The van der Waals surface area contributed by atoms with Gasteiger partial charge in [0.25, 0.3) is 0 Å². The summed E-state index contributed by atoms with van der Waals surface area (Å²) in [4.78, 5) is 55.1. The molecule has 3 aromatic carbocycles. The summed E-state index contributed by atoms with van der Waals surface area (Å²) in [6, 6.07) is 18.1. The summed E-state index contributed by atoms with van der Waals surface area (Å²) in [7, 11) is 1.50. The van der Waals surface area contributed by atoms with Crippen LogP contribution in [0, 0.1) is 12.8 Å². The Balaban J connectivity index is 1.42. The van der Waals surface area contributed by atoms with Crippen molar-refractivity contribution in [1.82, 2.24) is 4.57 Å². The van der Waals surface area contributed by atoms with Crippen molar-refractivity contribution >= 4 is 52.2 Å². The fourth-order valence-corrected chi connectivity index (χ4v) is 8.32. The zero-order valence-electron chi connectivity index (χ0n) is 23.3. The summed E-state index contributed by atoms with van der Waals surface area (Å²) >= 11 is 1.87. The van der Waals surface area contributed by atoms with Gasteiger partial charge in [-0.05, 0) is 54.4 Å². The molecule has 2 aliphatic heterocycles.